The molecule has 2 rings (SSSR count). The Bertz CT molecular complexity index is 655. The van der Waals surface area contributed by atoms with Crippen molar-refractivity contribution in [2.24, 2.45) is 16.7 Å². The van der Waals surface area contributed by atoms with Crippen LogP contribution in [0.1, 0.15) is 66.2 Å². The maximum Gasteiger partial charge on any atom is 0.191 e. The van der Waals surface area contributed by atoms with Crippen LogP contribution in [0.2, 0.25) is 18.1 Å². The van der Waals surface area contributed by atoms with Crippen LogP contribution in [0.15, 0.2) is 0 Å². The van der Waals surface area contributed by atoms with Crippen LogP contribution in [0.5, 0.6) is 0 Å². The van der Waals surface area contributed by atoms with Crippen molar-refractivity contribution in [1.82, 2.24) is 0 Å². The van der Waals surface area contributed by atoms with Crippen molar-refractivity contribution in [3.05, 3.63) is 0 Å². The average Bonchev–Trinajstić information content (AvgIpc) is 3.04. The molecule has 172 valence electrons. The van der Waals surface area contributed by atoms with E-state index in [4.69, 9.17) is 13.9 Å². The number of Topliss-reactive ketones (excluding diaryl/α,β-unsaturated/α-hetero) is 2. The van der Waals surface area contributed by atoms with Crippen LogP contribution >= 0.6 is 0 Å². The molecule has 30 heavy (non-hydrogen) atoms. The maximum absolute atomic E-state index is 13.3. The number of hydrogen-bond donors (Lipinski definition) is 0. The van der Waals surface area contributed by atoms with Crippen LogP contribution in [0, 0.1) is 16.7 Å². The predicted molar refractivity (Wildman–Crippen MR) is 118 cm³/mol. The minimum atomic E-state index is -1.97. The van der Waals surface area contributed by atoms with Crippen molar-refractivity contribution in [3.8, 4) is 0 Å². The first-order valence-electron chi connectivity index (χ1n) is 11.1. The first-order chi connectivity index (χ1) is 13.9. The number of methoxy groups -OCH3 is 1. The largest absolute Gasteiger partial charge is 0.417 e. The molecule has 0 aromatic heterocycles. The summed E-state index contributed by atoms with van der Waals surface area (Å²) in [5, 5.41) is 0.0654. The first kappa shape index (κ1) is 25.4. The maximum atomic E-state index is 13.3. The average molecular weight is 441 g/mol. The Balaban J connectivity index is 2.34. The lowest BCUT2D eigenvalue weighted by atomic mass is 9.49. The second-order valence-corrected chi connectivity index (χ2v) is 15.4. The molecule has 0 bridgehead atoms. The van der Waals surface area contributed by atoms with E-state index in [1.807, 2.05) is 6.92 Å². The lowest BCUT2D eigenvalue weighted by Gasteiger charge is -2.54. The SMILES string of the molecule is COCO[C@H]1CCC(=O)[C@@](C)(C(C=O)CCO[Si](C)(C)C(C)(C)C)[C@]12CCCC2=O. The molecule has 0 aromatic rings. The van der Waals surface area contributed by atoms with E-state index in [1.54, 1.807) is 7.11 Å². The fraction of sp³-hybridized carbons (Fsp3) is 0.870. The van der Waals surface area contributed by atoms with Gasteiger partial charge in [-0.1, -0.05) is 27.7 Å². The highest BCUT2D eigenvalue weighted by atomic mass is 28.4. The summed E-state index contributed by atoms with van der Waals surface area (Å²) in [7, 11) is -0.425. The van der Waals surface area contributed by atoms with Gasteiger partial charge in [0.2, 0.25) is 0 Å². The van der Waals surface area contributed by atoms with E-state index < -0.39 is 31.2 Å². The van der Waals surface area contributed by atoms with E-state index in [9.17, 15) is 14.4 Å². The Morgan fingerprint density at radius 1 is 1.20 bits per heavy atom. The fourth-order valence-corrected chi connectivity index (χ4v) is 6.26. The Morgan fingerprint density at radius 3 is 2.37 bits per heavy atom. The van der Waals surface area contributed by atoms with Crippen LogP contribution in [0.3, 0.4) is 0 Å². The van der Waals surface area contributed by atoms with Gasteiger partial charge in [0.05, 0.1) is 16.9 Å². The quantitative estimate of drug-likeness (QED) is 0.302. The van der Waals surface area contributed by atoms with Crippen molar-refractivity contribution in [3.63, 3.8) is 0 Å². The minimum Gasteiger partial charge on any atom is -0.417 e. The van der Waals surface area contributed by atoms with Crippen molar-refractivity contribution < 1.29 is 28.3 Å². The molecule has 1 spiro atoms. The highest BCUT2D eigenvalue weighted by molar-refractivity contribution is 6.74. The molecule has 0 aromatic carbocycles. The third-order valence-electron chi connectivity index (χ3n) is 8.15. The van der Waals surface area contributed by atoms with Crippen LogP contribution in [0.25, 0.3) is 0 Å². The van der Waals surface area contributed by atoms with Gasteiger partial charge < -0.3 is 18.7 Å². The lowest BCUT2D eigenvalue weighted by molar-refractivity contribution is -0.193. The standard InChI is InChI=1S/C23H40O6Si/c1-21(2,3)30(6,7)29-14-12-17(15-24)22(4)18(25)10-11-20(28-16-27-5)23(22)13-8-9-19(23)26/h15,17,20H,8-14,16H2,1-7H3/t17?,20-,22+,23-/m0/s1. The summed E-state index contributed by atoms with van der Waals surface area (Å²) in [6, 6.07) is 0. The molecule has 6 nitrogen and oxygen atoms in total. The van der Waals surface area contributed by atoms with Crippen LogP contribution in [-0.2, 0) is 28.3 Å². The van der Waals surface area contributed by atoms with E-state index in [-0.39, 0.29) is 23.4 Å². The van der Waals surface area contributed by atoms with Gasteiger partial charge in [0.15, 0.2) is 8.32 Å². The smallest absolute Gasteiger partial charge is 0.191 e. The molecule has 0 heterocycles. The van der Waals surface area contributed by atoms with Crippen LogP contribution in [-0.4, -0.2) is 52.8 Å². The van der Waals surface area contributed by atoms with E-state index in [1.165, 1.54) is 0 Å². The van der Waals surface area contributed by atoms with E-state index in [0.717, 1.165) is 12.7 Å². The van der Waals surface area contributed by atoms with Gasteiger partial charge in [0, 0.05) is 32.5 Å². The third-order valence-corrected chi connectivity index (χ3v) is 12.7. The molecule has 4 atom stereocenters. The van der Waals surface area contributed by atoms with E-state index >= 15 is 0 Å². The van der Waals surface area contributed by atoms with Gasteiger partial charge in [-0.25, -0.2) is 0 Å². The Labute approximate surface area is 182 Å². The van der Waals surface area contributed by atoms with Gasteiger partial charge in [-0.2, -0.15) is 0 Å². The number of aldehydes is 1. The molecule has 7 heteroatoms. The van der Waals surface area contributed by atoms with Gasteiger partial charge in [-0.05, 0) is 43.8 Å². The van der Waals surface area contributed by atoms with Crippen LogP contribution < -0.4 is 0 Å². The molecule has 2 fully saturated rings. The Kier molecular flexibility index (Phi) is 7.87. The zero-order valence-electron chi connectivity index (χ0n) is 19.8. The van der Waals surface area contributed by atoms with Crippen molar-refractivity contribution in [2.75, 3.05) is 20.5 Å². The number of hydrogen-bond acceptors (Lipinski definition) is 6. The number of rotatable bonds is 9. The third kappa shape index (κ3) is 4.23. The molecule has 1 unspecified atom stereocenters. The normalized spacial score (nSPS) is 31.4. The number of carbonyl (C=O) groups is 3. The van der Waals surface area contributed by atoms with Crippen LogP contribution in [0.4, 0.5) is 0 Å². The monoisotopic (exact) mass is 440 g/mol. The highest BCUT2D eigenvalue weighted by Crippen LogP contribution is 2.60. The second-order valence-electron chi connectivity index (χ2n) is 10.6. The minimum absolute atomic E-state index is 0.000515. The molecule has 0 radical (unpaired) electrons. The van der Waals surface area contributed by atoms with E-state index in [0.29, 0.717) is 38.7 Å². The molecule has 0 amide bonds. The van der Waals surface area contributed by atoms with Crippen molar-refractivity contribution >= 4 is 26.2 Å². The van der Waals surface area contributed by atoms with Crippen molar-refractivity contribution in [1.29, 1.82) is 0 Å². The van der Waals surface area contributed by atoms with Gasteiger partial charge in [0.1, 0.15) is 24.6 Å². The van der Waals surface area contributed by atoms with Gasteiger partial charge >= 0.3 is 0 Å². The predicted octanol–water partition coefficient (Wildman–Crippen LogP) is 4.31. The summed E-state index contributed by atoms with van der Waals surface area (Å²) in [6.45, 7) is 13.2. The zero-order valence-corrected chi connectivity index (χ0v) is 20.8. The Morgan fingerprint density at radius 2 is 1.87 bits per heavy atom. The summed E-state index contributed by atoms with van der Waals surface area (Å²) in [4.78, 5) is 38.9. The fourth-order valence-electron chi connectivity index (χ4n) is 5.20. The molecule has 0 N–H and O–H groups in total. The summed E-state index contributed by atoms with van der Waals surface area (Å²) in [5.41, 5.74) is -2.03. The topological polar surface area (TPSA) is 78.9 Å². The number of ketones is 2. The summed E-state index contributed by atoms with van der Waals surface area (Å²) < 4.78 is 17.3. The summed E-state index contributed by atoms with van der Waals surface area (Å²) in [6.07, 6.45) is 3.45. The zero-order chi connectivity index (χ0) is 22.8. The highest BCUT2D eigenvalue weighted by Gasteiger charge is 2.67. The molecule has 0 aliphatic heterocycles. The molecule has 2 aliphatic rings. The lowest BCUT2D eigenvalue weighted by Crippen LogP contribution is -2.62. The van der Waals surface area contributed by atoms with Gasteiger partial charge in [-0.3, -0.25) is 9.59 Å². The first-order valence-corrected chi connectivity index (χ1v) is 14.1. The summed E-state index contributed by atoms with van der Waals surface area (Å²) in [5.74, 6) is -0.526. The Hall–Kier alpha value is -0.893. The summed E-state index contributed by atoms with van der Waals surface area (Å²) >= 11 is 0. The molecule has 0 saturated heterocycles. The van der Waals surface area contributed by atoms with E-state index in [2.05, 4.69) is 33.9 Å². The molecule has 2 saturated carbocycles. The van der Waals surface area contributed by atoms with Gasteiger partial charge in [-0.15, -0.1) is 0 Å². The van der Waals surface area contributed by atoms with Crippen molar-refractivity contribution in [2.45, 2.75) is 90.5 Å². The number of carbonyl (C=O) groups excluding carboxylic acids is 3. The molecule has 2 aliphatic carbocycles. The van der Waals surface area contributed by atoms with Gasteiger partial charge in [0.25, 0.3) is 0 Å². The second kappa shape index (κ2) is 9.31. The number of ether oxygens (including phenoxy) is 2. The molecular weight excluding hydrogens is 400 g/mol. The molecular formula is C23H40O6Si.